The van der Waals surface area contributed by atoms with Gasteiger partial charge in [0.15, 0.2) is 11.6 Å². The summed E-state index contributed by atoms with van der Waals surface area (Å²) in [4.78, 5) is 2.20. The second kappa shape index (κ2) is 6.96. The number of hydrogen-bond donors (Lipinski definition) is 1. The number of nitrogens with zero attached hydrogens (tertiary/aromatic N) is 1. The molecule has 0 aromatic heterocycles. The first kappa shape index (κ1) is 14.4. The summed E-state index contributed by atoms with van der Waals surface area (Å²) in [6.07, 6.45) is 2.34. The van der Waals surface area contributed by atoms with E-state index >= 15 is 0 Å². The molecule has 1 N–H and O–H groups in total. The predicted octanol–water partition coefficient (Wildman–Crippen LogP) is 2.79. The van der Waals surface area contributed by atoms with Crippen LogP contribution >= 0.6 is 0 Å². The molecule has 0 bridgehead atoms. The fourth-order valence-corrected chi connectivity index (χ4v) is 2.65. The molecule has 1 saturated heterocycles. The molecule has 4 heteroatoms. The van der Waals surface area contributed by atoms with E-state index in [0.29, 0.717) is 18.0 Å². The average molecular weight is 268 g/mol. The smallest absolute Gasteiger partial charge is 0.163 e. The van der Waals surface area contributed by atoms with E-state index in [1.165, 1.54) is 18.9 Å². The van der Waals surface area contributed by atoms with E-state index in [0.717, 1.165) is 26.2 Å². The van der Waals surface area contributed by atoms with Gasteiger partial charge in [0, 0.05) is 18.7 Å². The van der Waals surface area contributed by atoms with Gasteiger partial charge in [-0.15, -0.1) is 0 Å². The number of nitrogens with one attached hydrogen (secondary N) is 1. The molecule has 106 valence electrons. The number of rotatable bonds is 5. The van der Waals surface area contributed by atoms with Gasteiger partial charge in [0.05, 0.1) is 0 Å². The maximum atomic E-state index is 13.7. The predicted molar refractivity (Wildman–Crippen MR) is 72.9 cm³/mol. The maximum Gasteiger partial charge on any atom is 0.163 e. The first-order chi connectivity index (χ1) is 9.20. The van der Waals surface area contributed by atoms with Crippen molar-refractivity contribution in [1.82, 2.24) is 10.2 Å². The first-order valence-electron chi connectivity index (χ1n) is 7.06. The van der Waals surface area contributed by atoms with E-state index in [9.17, 15) is 8.78 Å². The van der Waals surface area contributed by atoms with Crippen LogP contribution in [0.5, 0.6) is 0 Å². The molecule has 1 fully saturated rings. The zero-order valence-electron chi connectivity index (χ0n) is 11.5. The Balaban J connectivity index is 1.96. The average Bonchev–Trinajstić information content (AvgIpc) is 2.44. The summed E-state index contributed by atoms with van der Waals surface area (Å²) in [5.41, 5.74) is 0.454. The van der Waals surface area contributed by atoms with Crippen LogP contribution in [0, 0.1) is 17.6 Å². The molecule has 2 rings (SSSR count). The fourth-order valence-electron chi connectivity index (χ4n) is 2.65. The Hall–Kier alpha value is -1.00. The second-order valence-electron chi connectivity index (χ2n) is 5.23. The molecule has 0 unspecified atom stereocenters. The third-order valence-corrected chi connectivity index (χ3v) is 3.85. The topological polar surface area (TPSA) is 15.3 Å². The van der Waals surface area contributed by atoms with Crippen molar-refractivity contribution in [1.29, 1.82) is 0 Å². The van der Waals surface area contributed by atoms with Gasteiger partial charge in [0.2, 0.25) is 0 Å². The summed E-state index contributed by atoms with van der Waals surface area (Å²) >= 11 is 0. The molecule has 0 saturated carbocycles. The van der Waals surface area contributed by atoms with Crippen LogP contribution < -0.4 is 5.32 Å². The van der Waals surface area contributed by atoms with Gasteiger partial charge in [-0.05, 0) is 44.5 Å². The molecule has 1 aromatic carbocycles. The van der Waals surface area contributed by atoms with Crippen LogP contribution in [0.15, 0.2) is 18.2 Å². The van der Waals surface area contributed by atoms with Crippen LogP contribution in [-0.4, -0.2) is 31.1 Å². The molecule has 0 radical (unpaired) electrons. The van der Waals surface area contributed by atoms with Gasteiger partial charge in [-0.2, -0.15) is 0 Å². The highest BCUT2D eigenvalue weighted by atomic mass is 19.2. The molecule has 2 nitrogen and oxygen atoms in total. The van der Waals surface area contributed by atoms with Crippen LogP contribution in [-0.2, 0) is 6.54 Å². The molecule has 0 atom stereocenters. The van der Waals surface area contributed by atoms with Gasteiger partial charge >= 0.3 is 0 Å². The zero-order valence-corrected chi connectivity index (χ0v) is 11.5. The largest absolute Gasteiger partial charge is 0.317 e. The van der Waals surface area contributed by atoms with Crippen molar-refractivity contribution in [2.24, 2.45) is 5.92 Å². The fraction of sp³-hybridized carbons (Fsp3) is 0.600. The van der Waals surface area contributed by atoms with Gasteiger partial charge in [0.25, 0.3) is 0 Å². The lowest BCUT2D eigenvalue weighted by molar-refractivity contribution is 0.204. The molecule has 1 aliphatic heterocycles. The van der Waals surface area contributed by atoms with Gasteiger partial charge in [-0.25, -0.2) is 8.78 Å². The van der Waals surface area contributed by atoms with E-state index in [4.69, 9.17) is 0 Å². The van der Waals surface area contributed by atoms with Crippen molar-refractivity contribution in [3.05, 3.63) is 35.4 Å². The van der Waals surface area contributed by atoms with E-state index in [2.05, 4.69) is 17.1 Å². The normalized spacial score (nSPS) is 17.1. The number of piperidine rings is 1. The molecule has 1 aromatic rings. The van der Waals surface area contributed by atoms with Crippen molar-refractivity contribution in [2.45, 2.75) is 26.3 Å². The minimum Gasteiger partial charge on any atom is -0.317 e. The minimum atomic E-state index is -0.754. The second-order valence-corrected chi connectivity index (χ2v) is 5.23. The third kappa shape index (κ3) is 3.98. The quantitative estimate of drug-likeness (QED) is 0.883. The summed E-state index contributed by atoms with van der Waals surface area (Å²) < 4.78 is 26.9. The van der Waals surface area contributed by atoms with Crippen LogP contribution in [0.2, 0.25) is 0 Å². The van der Waals surface area contributed by atoms with Gasteiger partial charge in [-0.1, -0.05) is 19.1 Å². The molecular weight excluding hydrogens is 246 g/mol. The summed E-state index contributed by atoms with van der Waals surface area (Å²) in [6.45, 7) is 6.52. The highest BCUT2D eigenvalue weighted by molar-refractivity contribution is 5.18. The summed E-state index contributed by atoms with van der Waals surface area (Å²) in [5.74, 6) is -0.792. The van der Waals surface area contributed by atoms with E-state index in [-0.39, 0.29) is 0 Å². The van der Waals surface area contributed by atoms with Crippen molar-refractivity contribution >= 4 is 0 Å². The first-order valence-corrected chi connectivity index (χ1v) is 7.06. The lowest BCUT2D eigenvalue weighted by Gasteiger charge is -2.29. The molecular formula is C15H22F2N2. The molecule has 19 heavy (non-hydrogen) atoms. The molecule has 0 amide bonds. The third-order valence-electron chi connectivity index (χ3n) is 3.85. The molecule has 0 spiro atoms. The van der Waals surface area contributed by atoms with Crippen LogP contribution in [0.4, 0.5) is 8.78 Å². The summed E-state index contributed by atoms with van der Waals surface area (Å²) in [5, 5.41) is 3.34. The van der Waals surface area contributed by atoms with Crippen molar-refractivity contribution < 1.29 is 8.78 Å². The maximum absolute atomic E-state index is 13.7. The standard InChI is InChI=1S/C15H22F2N2/c1-2-19(10-12-6-8-18-9-7-12)11-13-4-3-5-14(16)15(13)17/h3-5,12,18H,2,6-11H2,1H3. The van der Waals surface area contributed by atoms with Crippen LogP contribution in [0.1, 0.15) is 25.3 Å². The monoisotopic (exact) mass is 268 g/mol. The van der Waals surface area contributed by atoms with Crippen molar-refractivity contribution in [3.63, 3.8) is 0 Å². The van der Waals surface area contributed by atoms with E-state index < -0.39 is 11.6 Å². The Labute approximate surface area is 113 Å². The Bertz CT molecular complexity index is 403. The van der Waals surface area contributed by atoms with Crippen molar-refractivity contribution in [2.75, 3.05) is 26.2 Å². The number of halogens is 2. The Morgan fingerprint density at radius 2 is 2.00 bits per heavy atom. The SMILES string of the molecule is CCN(Cc1cccc(F)c1F)CC1CCNCC1. The lowest BCUT2D eigenvalue weighted by atomic mass is 9.97. The van der Waals surface area contributed by atoms with Gasteiger partial charge in [-0.3, -0.25) is 4.90 Å². The molecule has 1 aliphatic rings. The summed E-state index contributed by atoms with van der Waals surface area (Å²) in [6, 6.07) is 4.41. The molecule has 0 aliphatic carbocycles. The van der Waals surface area contributed by atoms with E-state index in [1.807, 2.05) is 0 Å². The Morgan fingerprint density at radius 1 is 1.26 bits per heavy atom. The van der Waals surface area contributed by atoms with Crippen LogP contribution in [0.3, 0.4) is 0 Å². The summed E-state index contributed by atoms with van der Waals surface area (Å²) in [7, 11) is 0. The minimum absolute atomic E-state index is 0.454. The Morgan fingerprint density at radius 3 is 2.68 bits per heavy atom. The van der Waals surface area contributed by atoms with Gasteiger partial charge < -0.3 is 5.32 Å². The van der Waals surface area contributed by atoms with Crippen molar-refractivity contribution in [3.8, 4) is 0 Å². The molecule has 1 heterocycles. The van der Waals surface area contributed by atoms with E-state index in [1.54, 1.807) is 12.1 Å². The Kier molecular flexibility index (Phi) is 5.28. The highest BCUT2D eigenvalue weighted by Crippen LogP contribution is 2.17. The number of benzene rings is 1. The van der Waals surface area contributed by atoms with Gasteiger partial charge in [0.1, 0.15) is 0 Å². The highest BCUT2D eigenvalue weighted by Gasteiger charge is 2.17. The van der Waals surface area contributed by atoms with Crippen LogP contribution in [0.25, 0.3) is 0 Å². The zero-order chi connectivity index (χ0) is 13.7. The lowest BCUT2D eigenvalue weighted by Crippen LogP contribution is -2.36. The number of hydrogen-bond acceptors (Lipinski definition) is 2.